The van der Waals surface area contributed by atoms with Gasteiger partial charge in [0.2, 0.25) is 0 Å². The number of rotatable bonds is 10. The molecular weight excluding hydrogens is 522 g/mol. The molecule has 1 aliphatic heterocycles. The molecule has 0 spiro atoms. The van der Waals surface area contributed by atoms with Crippen molar-refractivity contribution in [1.29, 1.82) is 0 Å². The van der Waals surface area contributed by atoms with Gasteiger partial charge < -0.3 is 30.2 Å². The minimum Gasteiger partial charge on any atom is -0.490 e. The maximum absolute atomic E-state index is 12.7. The molecule has 2 aromatic carbocycles. The Labute approximate surface area is 232 Å². The Balaban J connectivity index is 1.29. The van der Waals surface area contributed by atoms with Crippen LogP contribution in [0.3, 0.4) is 0 Å². The number of morpholine rings is 1. The van der Waals surface area contributed by atoms with Crippen LogP contribution in [-0.4, -0.2) is 68.3 Å². The van der Waals surface area contributed by atoms with Gasteiger partial charge in [0.15, 0.2) is 0 Å². The highest BCUT2D eigenvalue weighted by atomic mass is 35.5. The first-order valence-corrected chi connectivity index (χ1v) is 13.0. The summed E-state index contributed by atoms with van der Waals surface area (Å²) >= 11 is 6.32. The highest BCUT2D eigenvalue weighted by molar-refractivity contribution is 6.31. The van der Waals surface area contributed by atoms with Crippen LogP contribution in [0.5, 0.6) is 17.2 Å². The molecule has 1 aliphatic rings. The van der Waals surface area contributed by atoms with Crippen LogP contribution in [0.25, 0.3) is 0 Å². The van der Waals surface area contributed by atoms with Crippen LogP contribution in [0.1, 0.15) is 21.6 Å². The number of pyridine rings is 1. The molecule has 3 aromatic rings. The van der Waals surface area contributed by atoms with E-state index in [4.69, 9.17) is 25.8 Å². The lowest BCUT2D eigenvalue weighted by atomic mass is 10.2. The van der Waals surface area contributed by atoms with E-state index >= 15 is 0 Å². The fraction of sp³-hybridized carbons (Fsp3) is 0.321. The topological polar surface area (TPSA) is 114 Å². The van der Waals surface area contributed by atoms with Gasteiger partial charge in [0.25, 0.3) is 5.91 Å². The Kier molecular flexibility index (Phi) is 9.96. The Morgan fingerprint density at radius 1 is 1.08 bits per heavy atom. The van der Waals surface area contributed by atoms with Crippen LogP contribution in [0.15, 0.2) is 54.7 Å². The monoisotopic (exact) mass is 553 g/mol. The minimum absolute atomic E-state index is 0.267. The van der Waals surface area contributed by atoms with Gasteiger partial charge in [-0.1, -0.05) is 23.7 Å². The SMILES string of the molecule is CNC(=O)c1cc(Oc2ccc(CNC(=O)Nc3cc(C)c(Cl)cc3OCCN3CCOCC3)cc2)ccn1. The Morgan fingerprint density at radius 3 is 2.59 bits per heavy atom. The summed E-state index contributed by atoms with van der Waals surface area (Å²) in [7, 11) is 1.54. The lowest BCUT2D eigenvalue weighted by molar-refractivity contribution is 0.0323. The number of carbonyl (C=O) groups excluding carboxylic acids is 2. The average Bonchev–Trinajstić information content (AvgIpc) is 2.95. The fourth-order valence-corrected chi connectivity index (χ4v) is 4.03. The molecule has 2 heterocycles. The normalized spacial score (nSPS) is 13.4. The van der Waals surface area contributed by atoms with Crippen molar-refractivity contribution in [2.45, 2.75) is 13.5 Å². The standard InChI is InChI=1S/C28H32ClN5O5/c1-19-15-24(26(17-23(19)29)38-14-11-34-9-12-37-13-10-34)33-28(36)32-18-20-3-5-21(6-4-20)39-22-7-8-31-25(16-22)27(35)30-2/h3-8,15-17H,9-14,18H2,1-2H3,(H,30,35)(H2,32,33,36). The molecule has 1 aromatic heterocycles. The Bertz CT molecular complexity index is 1280. The predicted molar refractivity (Wildman–Crippen MR) is 149 cm³/mol. The number of aromatic nitrogens is 1. The summed E-state index contributed by atoms with van der Waals surface area (Å²) < 4.78 is 17.2. The van der Waals surface area contributed by atoms with E-state index < -0.39 is 0 Å². The van der Waals surface area contributed by atoms with Crippen molar-refractivity contribution in [3.8, 4) is 17.2 Å². The number of benzene rings is 2. The first-order valence-electron chi connectivity index (χ1n) is 12.6. The van der Waals surface area contributed by atoms with Crippen molar-refractivity contribution in [3.63, 3.8) is 0 Å². The second-order valence-electron chi connectivity index (χ2n) is 8.91. The number of halogens is 1. The third kappa shape index (κ3) is 8.31. The van der Waals surface area contributed by atoms with Crippen LogP contribution in [0.2, 0.25) is 5.02 Å². The molecular formula is C28H32ClN5O5. The summed E-state index contributed by atoms with van der Waals surface area (Å²) in [6.07, 6.45) is 1.51. The Hall–Kier alpha value is -3.86. The zero-order valence-corrected chi connectivity index (χ0v) is 22.7. The van der Waals surface area contributed by atoms with Gasteiger partial charge in [-0.05, 0) is 42.3 Å². The second kappa shape index (κ2) is 13.8. The largest absolute Gasteiger partial charge is 0.490 e. The molecule has 11 heteroatoms. The maximum atomic E-state index is 12.7. The van der Waals surface area contributed by atoms with Crippen molar-refractivity contribution in [2.75, 3.05) is 51.8 Å². The molecule has 0 aliphatic carbocycles. The third-order valence-electron chi connectivity index (χ3n) is 6.08. The molecule has 0 atom stereocenters. The number of nitrogens with one attached hydrogen (secondary N) is 3. The smallest absolute Gasteiger partial charge is 0.319 e. The zero-order valence-electron chi connectivity index (χ0n) is 22.0. The van der Waals surface area contributed by atoms with E-state index in [2.05, 4.69) is 25.8 Å². The fourth-order valence-electron chi connectivity index (χ4n) is 3.88. The number of urea groups is 1. The first kappa shape index (κ1) is 28.2. The van der Waals surface area contributed by atoms with Gasteiger partial charge in [-0.2, -0.15) is 0 Å². The quantitative estimate of drug-likeness (QED) is 0.344. The highest BCUT2D eigenvalue weighted by Crippen LogP contribution is 2.31. The lowest BCUT2D eigenvalue weighted by Gasteiger charge is -2.26. The Morgan fingerprint density at radius 2 is 1.85 bits per heavy atom. The van der Waals surface area contributed by atoms with Crippen molar-refractivity contribution >= 4 is 29.2 Å². The van der Waals surface area contributed by atoms with Gasteiger partial charge in [0.1, 0.15) is 29.5 Å². The molecule has 206 valence electrons. The number of nitrogens with zero attached hydrogens (tertiary/aromatic N) is 2. The highest BCUT2D eigenvalue weighted by Gasteiger charge is 2.14. The van der Waals surface area contributed by atoms with Gasteiger partial charge in [-0.15, -0.1) is 0 Å². The van der Waals surface area contributed by atoms with Crippen LogP contribution >= 0.6 is 11.6 Å². The summed E-state index contributed by atoms with van der Waals surface area (Å²) in [4.78, 5) is 30.8. The summed E-state index contributed by atoms with van der Waals surface area (Å²) in [5, 5.41) is 8.83. The summed E-state index contributed by atoms with van der Waals surface area (Å²) in [6.45, 7) is 6.61. The minimum atomic E-state index is -0.367. The van der Waals surface area contributed by atoms with Crippen molar-refractivity contribution < 1.29 is 23.8 Å². The summed E-state index contributed by atoms with van der Waals surface area (Å²) in [5.74, 6) is 1.31. The molecule has 10 nitrogen and oxygen atoms in total. The molecule has 0 radical (unpaired) electrons. The third-order valence-corrected chi connectivity index (χ3v) is 6.49. The van der Waals surface area contributed by atoms with Gasteiger partial charge in [-0.3, -0.25) is 14.7 Å². The molecule has 3 N–H and O–H groups in total. The van der Waals surface area contributed by atoms with E-state index in [1.54, 1.807) is 43.4 Å². The van der Waals surface area contributed by atoms with Crippen molar-refractivity contribution in [3.05, 3.63) is 76.6 Å². The number of ether oxygens (including phenoxy) is 3. The van der Waals surface area contributed by atoms with Crippen LogP contribution < -0.4 is 25.4 Å². The van der Waals surface area contributed by atoms with Crippen molar-refractivity contribution in [2.24, 2.45) is 0 Å². The number of hydrogen-bond acceptors (Lipinski definition) is 7. The van der Waals surface area contributed by atoms with E-state index in [9.17, 15) is 9.59 Å². The molecule has 3 amide bonds. The molecule has 0 saturated carbocycles. The van der Waals surface area contributed by atoms with Crippen LogP contribution in [0.4, 0.5) is 10.5 Å². The molecule has 39 heavy (non-hydrogen) atoms. The van der Waals surface area contributed by atoms with E-state index in [-0.39, 0.29) is 17.6 Å². The first-order chi connectivity index (χ1) is 18.9. The number of hydrogen-bond donors (Lipinski definition) is 3. The number of aryl methyl sites for hydroxylation is 1. The van der Waals surface area contributed by atoms with E-state index in [0.717, 1.165) is 44.0 Å². The van der Waals surface area contributed by atoms with Gasteiger partial charge >= 0.3 is 6.03 Å². The molecule has 1 fully saturated rings. The molecule has 0 unspecified atom stereocenters. The van der Waals surface area contributed by atoms with Crippen LogP contribution in [0, 0.1) is 6.92 Å². The number of amides is 3. The molecule has 1 saturated heterocycles. The number of anilines is 1. The van der Waals surface area contributed by atoms with Crippen LogP contribution in [-0.2, 0) is 11.3 Å². The zero-order chi connectivity index (χ0) is 27.6. The van der Waals surface area contributed by atoms with E-state index in [1.165, 1.54) is 6.20 Å². The second-order valence-corrected chi connectivity index (χ2v) is 9.32. The molecule has 0 bridgehead atoms. The summed E-state index contributed by atoms with van der Waals surface area (Å²) in [6, 6.07) is 13.7. The van der Waals surface area contributed by atoms with Crippen molar-refractivity contribution in [1.82, 2.24) is 20.5 Å². The van der Waals surface area contributed by atoms with Gasteiger partial charge in [0.05, 0.1) is 18.9 Å². The van der Waals surface area contributed by atoms with E-state index in [1.807, 2.05) is 19.1 Å². The van der Waals surface area contributed by atoms with E-state index in [0.29, 0.717) is 41.1 Å². The van der Waals surface area contributed by atoms with Gasteiger partial charge in [0, 0.05) is 56.6 Å². The predicted octanol–water partition coefficient (Wildman–Crippen LogP) is 4.23. The number of carbonyl (C=O) groups is 2. The summed E-state index contributed by atoms with van der Waals surface area (Å²) in [5.41, 5.74) is 2.53. The molecule has 4 rings (SSSR count). The van der Waals surface area contributed by atoms with Gasteiger partial charge in [-0.25, -0.2) is 4.79 Å². The maximum Gasteiger partial charge on any atom is 0.319 e. The average molecular weight is 554 g/mol. The lowest BCUT2D eigenvalue weighted by Crippen LogP contribution is -2.38.